The van der Waals surface area contributed by atoms with Crippen molar-refractivity contribution in [2.24, 2.45) is 0 Å². The topological polar surface area (TPSA) is 39.2 Å². The van der Waals surface area contributed by atoms with E-state index in [9.17, 15) is 13.6 Å². The molecule has 0 atom stereocenters. The summed E-state index contributed by atoms with van der Waals surface area (Å²) in [6, 6.07) is 2.32. The van der Waals surface area contributed by atoms with E-state index >= 15 is 0 Å². The van der Waals surface area contributed by atoms with Gasteiger partial charge >= 0.3 is 5.97 Å². The zero-order chi connectivity index (χ0) is 12.6. The van der Waals surface area contributed by atoms with Crippen LogP contribution in [0.1, 0.15) is 10.4 Å². The minimum Gasteiger partial charge on any atom is -0.465 e. The summed E-state index contributed by atoms with van der Waals surface area (Å²) in [6.07, 6.45) is 1.14. The van der Waals surface area contributed by atoms with E-state index in [2.05, 4.69) is 25.7 Å². The molecule has 0 saturated heterocycles. The molecule has 0 amide bonds. The Morgan fingerprint density at radius 3 is 2.76 bits per heavy atom. The minimum atomic E-state index is -1.04. The number of aromatic nitrogens is 1. The smallest absolute Gasteiger partial charge is 0.340 e. The van der Waals surface area contributed by atoms with Gasteiger partial charge in [-0.25, -0.2) is 13.6 Å². The fourth-order valence-electron chi connectivity index (χ4n) is 1.43. The molecule has 2 rings (SSSR count). The lowest BCUT2D eigenvalue weighted by Crippen LogP contribution is -2.04. The number of hydrogen-bond donors (Lipinski definition) is 0. The largest absolute Gasteiger partial charge is 0.465 e. The fourth-order valence-corrected chi connectivity index (χ4v) is 2.01. The number of methoxy groups -OCH3 is 1. The summed E-state index contributed by atoms with van der Waals surface area (Å²) >= 11 is 3.15. The molecule has 1 heterocycles. The lowest BCUT2D eigenvalue weighted by molar-refractivity contribution is 0.0599. The Morgan fingerprint density at radius 2 is 2.12 bits per heavy atom. The van der Waals surface area contributed by atoms with E-state index in [4.69, 9.17) is 0 Å². The van der Waals surface area contributed by atoms with E-state index in [1.54, 1.807) is 0 Å². The maximum absolute atomic E-state index is 13.4. The zero-order valence-electron chi connectivity index (χ0n) is 8.63. The molecule has 0 aliphatic carbocycles. The third kappa shape index (κ3) is 1.88. The lowest BCUT2D eigenvalue weighted by atomic mass is 10.1. The predicted octanol–water partition coefficient (Wildman–Crippen LogP) is 3.06. The first-order valence-corrected chi connectivity index (χ1v) is 5.36. The molecule has 3 nitrogen and oxygen atoms in total. The van der Waals surface area contributed by atoms with Crippen molar-refractivity contribution in [3.8, 4) is 0 Å². The molecular formula is C11H6BrF2NO2. The second-order valence-electron chi connectivity index (χ2n) is 3.23. The molecule has 0 fully saturated rings. The molecule has 0 saturated carbocycles. The van der Waals surface area contributed by atoms with E-state index in [1.165, 1.54) is 13.2 Å². The number of hydrogen-bond acceptors (Lipinski definition) is 3. The molecular weight excluding hydrogens is 296 g/mol. The molecule has 0 aliphatic rings. The van der Waals surface area contributed by atoms with Crippen molar-refractivity contribution in [1.82, 2.24) is 4.98 Å². The molecule has 0 unspecified atom stereocenters. The van der Waals surface area contributed by atoms with Gasteiger partial charge in [-0.1, -0.05) is 0 Å². The molecule has 17 heavy (non-hydrogen) atoms. The number of carbonyl (C=O) groups is 1. The molecule has 0 bridgehead atoms. The Labute approximate surface area is 104 Å². The monoisotopic (exact) mass is 301 g/mol. The standard InChI is InChI=1S/C11H6BrF2NO2/c1-17-11(16)6-4-15-10-5(8(6)12)2-3-7(13)9(10)14/h2-4H,1H3. The first-order chi connectivity index (χ1) is 8.06. The summed E-state index contributed by atoms with van der Waals surface area (Å²) in [5.74, 6) is -2.63. The number of pyridine rings is 1. The molecule has 0 aliphatic heterocycles. The van der Waals surface area contributed by atoms with Gasteiger partial charge in [0, 0.05) is 16.1 Å². The van der Waals surface area contributed by atoms with Gasteiger partial charge in [0.2, 0.25) is 0 Å². The highest BCUT2D eigenvalue weighted by molar-refractivity contribution is 9.10. The Morgan fingerprint density at radius 1 is 1.41 bits per heavy atom. The quantitative estimate of drug-likeness (QED) is 0.760. The van der Waals surface area contributed by atoms with Crippen LogP contribution in [0.5, 0.6) is 0 Å². The second-order valence-corrected chi connectivity index (χ2v) is 4.03. The van der Waals surface area contributed by atoms with Crippen LogP contribution < -0.4 is 0 Å². The highest BCUT2D eigenvalue weighted by Crippen LogP contribution is 2.28. The first-order valence-electron chi connectivity index (χ1n) is 4.56. The van der Waals surface area contributed by atoms with Gasteiger partial charge in [0.15, 0.2) is 11.6 Å². The average molecular weight is 302 g/mol. The van der Waals surface area contributed by atoms with E-state index in [0.29, 0.717) is 9.86 Å². The van der Waals surface area contributed by atoms with Gasteiger partial charge in [0.1, 0.15) is 5.52 Å². The Bertz CT molecular complexity index is 616. The SMILES string of the molecule is COC(=O)c1cnc2c(F)c(F)ccc2c1Br. The van der Waals surface area contributed by atoms with Gasteiger partial charge in [0.05, 0.1) is 12.7 Å². The molecule has 0 radical (unpaired) electrons. The van der Waals surface area contributed by atoms with Crippen molar-refractivity contribution in [2.75, 3.05) is 7.11 Å². The minimum absolute atomic E-state index is 0.135. The summed E-state index contributed by atoms with van der Waals surface area (Å²) in [5, 5.41) is 0.312. The van der Waals surface area contributed by atoms with Gasteiger partial charge < -0.3 is 4.74 Å². The van der Waals surface area contributed by atoms with Crippen LogP contribution in [-0.4, -0.2) is 18.1 Å². The number of halogens is 3. The number of benzene rings is 1. The Kier molecular flexibility index (Phi) is 3.06. The predicted molar refractivity (Wildman–Crippen MR) is 60.7 cm³/mol. The number of esters is 1. The third-order valence-electron chi connectivity index (χ3n) is 2.27. The van der Waals surface area contributed by atoms with Crippen LogP contribution in [0.4, 0.5) is 8.78 Å². The second kappa shape index (κ2) is 4.37. The van der Waals surface area contributed by atoms with Crippen molar-refractivity contribution in [3.05, 3.63) is 40.0 Å². The molecule has 6 heteroatoms. The van der Waals surface area contributed by atoms with E-state index in [0.717, 1.165) is 12.3 Å². The van der Waals surface area contributed by atoms with Gasteiger partial charge in [-0.3, -0.25) is 4.98 Å². The highest BCUT2D eigenvalue weighted by atomic mass is 79.9. The van der Waals surface area contributed by atoms with E-state index in [1.807, 2.05) is 0 Å². The number of rotatable bonds is 1. The van der Waals surface area contributed by atoms with Crippen LogP contribution in [0.2, 0.25) is 0 Å². The summed E-state index contributed by atoms with van der Waals surface area (Å²) in [4.78, 5) is 15.1. The molecule has 88 valence electrons. The van der Waals surface area contributed by atoms with Crippen LogP contribution >= 0.6 is 15.9 Å². The number of fused-ring (bicyclic) bond motifs is 1. The van der Waals surface area contributed by atoms with E-state index < -0.39 is 17.6 Å². The summed E-state index contributed by atoms with van der Waals surface area (Å²) in [5.41, 5.74) is 0.0236. The van der Waals surface area contributed by atoms with Crippen molar-refractivity contribution in [3.63, 3.8) is 0 Å². The number of nitrogens with zero attached hydrogens (tertiary/aromatic N) is 1. The average Bonchev–Trinajstić information content (AvgIpc) is 2.33. The van der Waals surface area contributed by atoms with Crippen molar-refractivity contribution >= 4 is 32.8 Å². The molecule has 0 spiro atoms. The number of ether oxygens (including phenoxy) is 1. The highest BCUT2D eigenvalue weighted by Gasteiger charge is 2.17. The Hall–Kier alpha value is -1.56. The van der Waals surface area contributed by atoms with Gasteiger partial charge in [-0.2, -0.15) is 0 Å². The van der Waals surface area contributed by atoms with E-state index in [-0.39, 0.29) is 11.1 Å². The van der Waals surface area contributed by atoms with Crippen LogP contribution in [0.25, 0.3) is 10.9 Å². The Balaban J connectivity index is 2.77. The fraction of sp³-hybridized carbons (Fsp3) is 0.0909. The lowest BCUT2D eigenvalue weighted by Gasteiger charge is -2.06. The van der Waals surface area contributed by atoms with Gasteiger partial charge in [0.25, 0.3) is 0 Å². The molecule has 0 N–H and O–H groups in total. The van der Waals surface area contributed by atoms with Crippen LogP contribution in [0, 0.1) is 11.6 Å². The van der Waals surface area contributed by atoms with Crippen molar-refractivity contribution in [1.29, 1.82) is 0 Å². The molecule has 2 aromatic rings. The summed E-state index contributed by atoms with van der Waals surface area (Å²) in [6.45, 7) is 0. The first kappa shape index (κ1) is 11.9. The summed E-state index contributed by atoms with van der Waals surface area (Å²) in [7, 11) is 1.23. The third-order valence-corrected chi connectivity index (χ3v) is 3.12. The normalized spacial score (nSPS) is 10.6. The van der Waals surface area contributed by atoms with Crippen LogP contribution in [0.3, 0.4) is 0 Å². The zero-order valence-corrected chi connectivity index (χ0v) is 10.2. The molecule has 1 aromatic heterocycles. The maximum Gasteiger partial charge on any atom is 0.340 e. The van der Waals surface area contributed by atoms with Crippen LogP contribution in [0.15, 0.2) is 22.8 Å². The summed E-state index contributed by atoms with van der Waals surface area (Å²) < 4.78 is 31.3. The maximum atomic E-state index is 13.4. The molecule has 1 aromatic carbocycles. The number of carbonyl (C=O) groups excluding carboxylic acids is 1. The van der Waals surface area contributed by atoms with Crippen LogP contribution in [-0.2, 0) is 4.74 Å². The van der Waals surface area contributed by atoms with Gasteiger partial charge in [-0.15, -0.1) is 0 Å². The van der Waals surface area contributed by atoms with Crippen molar-refractivity contribution in [2.45, 2.75) is 0 Å². The van der Waals surface area contributed by atoms with Gasteiger partial charge in [-0.05, 0) is 28.1 Å². The van der Waals surface area contributed by atoms with Crippen molar-refractivity contribution < 1.29 is 18.3 Å².